The minimum absolute atomic E-state index is 0. The number of hydrogen-bond donors (Lipinski definition) is 1. The van der Waals surface area contributed by atoms with Crippen molar-refractivity contribution in [2.75, 3.05) is 6.61 Å². The number of aliphatic hydroxyl groups is 1. The molecule has 5 rings (SSSR count). The molecule has 0 aromatic heterocycles. The molecule has 0 aromatic rings. The summed E-state index contributed by atoms with van der Waals surface area (Å²) in [5.74, 6) is -1.30. The van der Waals surface area contributed by atoms with Crippen molar-refractivity contribution in [3.63, 3.8) is 0 Å². The zero-order valence-electron chi connectivity index (χ0n) is 21.6. The van der Waals surface area contributed by atoms with Gasteiger partial charge in [0.15, 0.2) is 23.3 Å². The highest BCUT2D eigenvalue weighted by Gasteiger charge is 2.77. The summed E-state index contributed by atoms with van der Waals surface area (Å²) in [5, 5.41) is 12.9. The van der Waals surface area contributed by atoms with Crippen molar-refractivity contribution >= 4 is 11.8 Å². The van der Waals surface area contributed by atoms with Crippen molar-refractivity contribution in [3.8, 4) is 0 Å². The van der Waals surface area contributed by atoms with Gasteiger partial charge in [-0.15, -0.1) is 0 Å². The molecular weight excluding hydrogens is 480 g/mol. The predicted octanol–water partition coefficient (Wildman–Crippen LogP) is 6.68. The second-order valence-electron chi connectivity index (χ2n) is 12.2. The largest absolute Gasteiger partial charge is 0.451 e. The number of rotatable bonds is 2. The third kappa shape index (κ3) is 4.17. The number of ether oxygens (including phenoxy) is 3. The predicted molar refractivity (Wildman–Crippen MR) is 153 cm³/mol. The van der Waals surface area contributed by atoms with Crippen LogP contribution in [0.15, 0.2) is 34.9 Å². The summed E-state index contributed by atoms with van der Waals surface area (Å²) in [6.07, 6.45) is 4.62. The molecule has 1 saturated heterocycles. The highest BCUT2D eigenvalue weighted by atomic mass is 16.7. The highest BCUT2D eigenvalue weighted by Crippen LogP contribution is 2.72. The van der Waals surface area contributed by atoms with E-state index in [0.29, 0.717) is 17.1 Å². The van der Waals surface area contributed by atoms with Crippen LogP contribution in [0.4, 0.5) is 0 Å². The van der Waals surface area contributed by atoms with E-state index in [4.69, 9.17) is 14.2 Å². The first-order valence-electron chi connectivity index (χ1n) is 12.5. The number of hydrogen-bond acceptors (Lipinski definition) is 6. The monoisotopic (exact) mass is 534 g/mol. The van der Waals surface area contributed by atoms with E-state index in [9.17, 15) is 14.7 Å². The number of allylic oxidation sites excluding steroid dienone is 2. The SMILES string of the molecule is C.C.C.C.C/C=C(/C)C(=O)O[C@H]1C(C)=C[C@]23C(=O)[C@@H](C=C4COC(C)(C)O[C@H]4[C@]12O)[C@H]1[C@@H](C[C@H]3C)C1(C)C. The zero-order valence-corrected chi connectivity index (χ0v) is 21.6. The molecule has 1 aliphatic heterocycles. The van der Waals surface area contributed by atoms with Crippen LogP contribution in [0.5, 0.6) is 0 Å². The van der Waals surface area contributed by atoms with E-state index in [2.05, 4.69) is 20.8 Å². The molecule has 218 valence electrons. The molecule has 0 unspecified atom stereocenters. The number of Topliss-reactive ketones (excluding diaryl/α,β-unsaturated/α-hetero) is 1. The second-order valence-corrected chi connectivity index (χ2v) is 12.2. The average molecular weight is 535 g/mol. The standard InChI is InChI=1S/C28H38O6.4CH4/c1-9-14(2)24(30)33-22-15(3)12-27-16(4)10-19-20(25(19,5)6)18(21(27)29)11-17-13-32-26(7,8)34-23(17)28(22,27)31;;;;/h9,11-12,16,18-20,22-23,31H,10,13H2,1-8H3;4*1H4/b14-9-;;;;/t16-,18+,19-,20+,22+,23-,27+,28-;;;;/m1..../s1. The van der Waals surface area contributed by atoms with E-state index < -0.39 is 35.0 Å². The lowest BCUT2D eigenvalue weighted by molar-refractivity contribution is -0.303. The molecule has 8 atom stereocenters. The van der Waals surface area contributed by atoms with Crippen LogP contribution in [0.1, 0.15) is 91.5 Å². The number of carbonyl (C=O) groups is 2. The quantitative estimate of drug-likeness (QED) is 0.242. The first-order valence-corrected chi connectivity index (χ1v) is 12.5. The summed E-state index contributed by atoms with van der Waals surface area (Å²) >= 11 is 0. The summed E-state index contributed by atoms with van der Waals surface area (Å²) in [6.45, 7) is 15.8. The molecular formula is C32H54O6. The van der Waals surface area contributed by atoms with Gasteiger partial charge < -0.3 is 19.3 Å². The van der Waals surface area contributed by atoms with Gasteiger partial charge in [-0.2, -0.15) is 0 Å². The molecule has 6 heteroatoms. The van der Waals surface area contributed by atoms with Gasteiger partial charge in [0.2, 0.25) is 0 Å². The smallest absolute Gasteiger partial charge is 0.334 e. The lowest BCUT2D eigenvalue weighted by Gasteiger charge is -2.52. The van der Waals surface area contributed by atoms with Crippen LogP contribution < -0.4 is 0 Å². The Labute approximate surface area is 231 Å². The van der Waals surface area contributed by atoms with Gasteiger partial charge in [0, 0.05) is 11.5 Å². The van der Waals surface area contributed by atoms with Gasteiger partial charge in [0.1, 0.15) is 6.10 Å². The van der Waals surface area contributed by atoms with Crippen molar-refractivity contribution in [1.29, 1.82) is 0 Å². The topological polar surface area (TPSA) is 82.1 Å². The first kappa shape index (κ1) is 34.3. The first-order chi connectivity index (χ1) is 15.7. The number of ketones is 1. The molecule has 1 spiro atoms. The van der Waals surface area contributed by atoms with Gasteiger partial charge in [0.25, 0.3) is 0 Å². The van der Waals surface area contributed by atoms with E-state index in [1.165, 1.54) is 0 Å². The van der Waals surface area contributed by atoms with Crippen molar-refractivity contribution < 1.29 is 28.9 Å². The molecule has 2 bridgehead atoms. The number of esters is 1. The van der Waals surface area contributed by atoms with E-state index in [-0.39, 0.29) is 65.3 Å². The van der Waals surface area contributed by atoms with Gasteiger partial charge in [0.05, 0.1) is 12.0 Å². The van der Waals surface area contributed by atoms with Crippen LogP contribution in [0.2, 0.25) is 0 Å². The Morgan fingerprint density at radius 1 is 1.16 bits per heavy atom. The van der Waals surface area contributed by atoms with Gasteiger partial charge in [-0.25, -0.2) is 4.79 Å². The molecule has 5 aliphatic rings. The summed E-state index contributed by atoms with van der Waals surface area (Å²) in [7, 11) is 0. The molecule has 2 saturated carbocycles. The number of fused-ring (bicyclic) bond motifs is 5. The normalized spacial score (nSPS) is 41.3. The fourth-order valence-corrected chi connectivity index (χ4v) is 7.62. The van der Waals surface area contributed by atoms with Crippen molar-refractivity contribution in [2.24, 2.45) is 34.5 Å². The third-order valence-electron chi connectivity index (χ3n) is 9.65. The fourth-order valence-electron chi connectivity index (χ4n) is 7.62. The van der Waals surface area contributed by atoms with Gasteiger partial charge in [-0.05, 0) is 75.4 Å². The molecule has 6 nitrogen and oxygen atoms in total. The zero-order chi connectivity index (χ0) is 25.0. The molecule has 3 fully saturated rings. The van der Waals surface area contributed by atoms with Crippen LogP contribution in [0, 0.1) is 34.5 Å². The van der Waals surface area contributed by atoms with Crippen LogP contribution in [-0.2, 0) is 23.8 Å². The van der Waals surface area contributed by atoms with E-state index in [1.54, 1.807) is 19.9 Å². The average Bonchev–Trinajstić information content (AvgIpc) is 3.25. The van der Waals surface area contributed by atoms with Gasteiger partial charge >= 0.3 is 5.97 Å². The fraction of sp³-hybridized carbons (Fsp3) is 0.750. The Hall–Kier alpha value is -1.76. The lowest BCUT2D eigenvalue weighted by atomic mass is 9.59. The van der Waals surface area contributed by atoms with Crippen LogP contribution in [-0.4, -0.2) is 47.1 Å². The third-order valence-corrected chi connectivity index (χ3v) is 9.65. The summed E-state index contributed by atoms with van der Waals surface area (Å²) < 4.78 is 18.4. The van der Waals surface area contributed by atoms with E-state index >= 15 is 0 Å². The maximum absolute atomic E-state index is 14.6. The molecule has 0 amide bonds. The van der Waals surface area contributed by atoms with Crippen molar-refractivity contribution in [2.45, 2.75) is 115 Å². The molecule has 0 aromatic carbocycles. The molecule has 4 aliphatic carbocycles. The Morgan fingerprint density at radius 3 is 2.34 bits per heavy atom. The lowest BCUT2D eigenvalue weighted by Crippen LogP contribution is -2.68. The summed E-state index contributed by atoms with van der Waals surface area (Å²) in [4.78, 5) is 27.5. The highest BCUT2D eigenvalue weighted by molar-refractivity contribution is 5.96. The van der Waals surface area contributed by atoms with Crippen LogP contribution in [0.25, 0.3) is 0 Å². The second kappa shape index (κ2) is 10.3. The molecule has 0 radical (unpaired) electrons. The maximum atomic E-state index is 14.6. The molecule has 1 heterocycles. The van der Waals surface area contributed by atoms with E-state index in [1.807, 2.05) is 32.9 Å². The van der Waals surface area contributed by atoms with Gasteiger partial charge in [-0.1, -0.05) is 68.7 Å². The summed E-state index contributed by atoms with van der Waals surface area (Å²) in [6, 6.07) is 0. The Kier molecular flexibility index (Phi) is 9.32. The Morgan fingerprint density at radius 2 is 1.76 bits per heavy atom. The van der Waals surface area contributed by atoms with Crippen LogP contribution in [0.3, 0.4) is 0 Å². The Balaban J connectivity index is 0.00000180. The van der Waals surface area contributed by atoms with Crippen molar-refractivity contribution in [1.82, 2.24) is 0 Å². The van der Waals surface area contributed by atoms with Crippen molar-refractivity contribution in [3.05, 3.63) is 34.9 Å². The van der Waals surface area contributed by atoms with Gasteiger partial charge in [-0.3, -0.25) is 4.79 Å². The Bertz CT molecular complexity index is 1050. The van der Waals surface area contributed by atoms with E-state index in [0.717, 1.165) is 12.0 Å². The van der Waals surface area contributed by atoms with Crippen LogP contribution >= 0.6 is 0 Å². The number of carbonyl (C=O) groups excluding carboxylic acids is 2. The maximum Gasteiger partial charge on any atom is 0.334 e. The molecule has 38 heavy (non-hydrogen) atoms. The minimum Gasteiger partial charge on any atom is -0.451 e. The molecule has 1 N–H and O–H groups in total. The minimum atomic E-state index is -1.76. The summed E-state index contributed by atoms with van der Waals surface area (Å²) in [5.41, 5.74) is -0.994.